The average molecular weight is 230 g/mol. The molecule has 1 aromatic heterocycles. The Kier molecular flexibility index (Phi) is 2.79. The minimum Gasteiger partial charge on any atom is -0.383 e. The number of aryl methyl sites for hydroxylation is 1. The summed E-state index contributed by atoms with van der Waals surface area (Å²) in [4.78, 5) is 0. The Morgan fingerprint density at radius 3 is 2.88 bits per heavy atom. The van der Waals surface area contributed by atoms with Crippen LogP contribution in [0.5, 0.6) is 0 Å². The van der Waals surface area contributed by atoms with Gasteiger partial charge in [0.1, 0.15) is 23.3 Å². The second-order valence-corrected chi connectivity index (χ2v) is 3.75. The Balaban J connectivity index is 2.34. The van der Waals surface area contributed by atoms with Crippen LogP contribution < -0.4 is 5.73 Å². The number of nitrogen functional groups attached to an aromatic ring is 1. The van der Waals surface area contributed by atoms with E-state index in [0.29, 0.717) is 23.6 Å². The maximum Gasteiger partial charge on any atom is 0.140 e. The zero-order valence-corrected chi connectivity index (χ0v) is 9.31. The lowest BCUT2D eigenvalue weighted by molar-refractivity contribution is 0.619. The number of hydrogen-bond acceptors (Lipinski definition) is 3. The lowest BCUT2D eigenvalue weighted by Gasteiger charge is -2.04. The van der Waals surface area contributed by atoms with E-state index >= 15 is 0 Å². The monoisotopic (exact) mass is 230 g/mol. The zero-order chi connectivity index (χ0) is 12.4. The molecule has 2 aromatic rings. The Morgan fingerprint density at radius 2 is 2.29 bits per heavy atom. The third-order valence-corrected chi connectivity index (χ3v) is 2.50. The number of aromatic nitrogens is 2. The summed E-state index contributed by atoms with van der Waals surface area (Å²) in [6, 6.07) is 8.21. The summed E-state index contributed by atoms with van der Waals surface area (Å²) >= 11 is 0. The van der Waals surface area contributed by atoms with Gasteiger partial charge in [-0.25, -0.2) is 9.07 Å². The third kappa shape index (κ3) is 2.11. The quantitative estimate of drug-likeness (QED) is 0.855. The number of nitrogens with two attached hydrogens (primary N) is 1. The Hall–Kier alpha value is -2.35. The second-order valence-electron chi connectivity index (χ2n) is 3.75. The van der Waals surface area contributed by atoms with Crippen LogP contribution in [0, 0.1) is 24.1 Å². The summed E-state index contributed by atoms with van der Waals surface area (Å²) in [5, 5.41) is 13.0. The number of benzene rings is 1. The first-order valence-corrected chi connectivity index (χ1v) is 5.09. The van der Waals surface area contributed by atoms with Gasteiger partial charge in [-0.1, -0.05) is 12.1 Å². The molecule has 1 heterocycles. The van der Waals surface area contributed by atoms with Crippen LogP contribution in [0.1, 0.15) is 16.8 Å². The van der Waals surface area contributed by atoms with E-state index in [1.54, 1.807) is 19.1 Å². The first kappa shape index (κ1) is 11.1. The van der Waals surface area contributed by atoms with Crippen molar-refractivity contribution in [2.75, 3.05) is 5.73 Å². The Morgan fingerprint density at radius 1 is 1.53 bits per heavy atom. The summed E-state index contributed by atoms with van der Waals surface area (Å²) in [5.41, 5.74) is 7.50. The lowest BCUT2D eigenvalue weighted by atomic mass is 10.2. The molecule has 0 fully saturated rings. The highest BCUT2D eigenvalue weighted by molar-refractivity contribution is 5.51. The van der Waals surface area contributed by atoms with Crippen molar-refractivity contribution in [1.82, 2.24) is 9.78 Å². The summed E-state index contributed by atoms with van der Waals surface area (Å²) in [6.07, 6.45) is 0. The summed E-state index contributed by atoms with van der Waals surface area (Å²) < 4.78 is 14.5. The minimum atomic E-state index is -0.301. The van der Waals surface area contributed by atoms with Gasteiger partial charge in [0.15, 0.2) is 0 Å². The number of nitriles is 1. The molecule has 0 amide bonds. The van der Waals surface area contributed by atoms with Gasteiger partial charge in [-0.2, -0.15) is 10.4 Å². The van der Waals surface area contributed by atoms with E-state index < -0.39 is 0 Å². The van der Waals surface area contributed by atoms with E-state index in [1.807, 2.05) is 6.07 Å². The molecule has 0 bridgehead atoms. The van der Waals surface area contributed by atoms with E-state index in [4.69, 9.17) is 11.0 Å². The maximum atomic E-state index is 13.0. The zero-order valence-electron chi connectivity index (χ0n) is 9.31. The molecule has 86 valence electrons. The molecular formula is C12H11FN4. The van der Waals surface area contributed by atoms with Crippen molar-refractivity contribution in [1.29, 1.82) is 5.26 Å². The number of rotatable bonds is 2. The standard InChI is InChI=1S/C12H11FN4/c1-8-11(6-14)12(15)17(16-8)7-9-3-2-4-10(13)5-9/h2-5H,7,15H2,1H3. The van der Waals surface area contributed by atoms with Gasteiger partial charge < -0.3 is 5.73 Å². The molecule has 0 saturated heterocycles. The van der Waals surface area contributed by atoms with Crippen molar-refractivity contribution >= 4 is 5.82 Å². The molecule has 4 nitrogen and oxygen atoms in total. The van der Waals surface area contributed by atoms with Gasteiger partial charge in [-0.15, -0.1) is 0 Å². The van der Waals surface area contributed by atoms with Crippen LogP contribution in [0.2, 0.25) is 0 Å². The van der Waals surface area contributed by atoms with Gasteiger partial charge in [0, 0.05) is 0 Å². The fourth-order valence-corrected chi connectivity index (χ4v) is 1.67. The molecule has 0 unspecified atom stereocenters. The Bertz CT molecular complexity index is 595. The van der Waals surface area contributed by atoms with Crippen LogP contribution in [0.4, 0.5) is 10.2 Å². The highest BCUT2D eigenvalue weighted by Gasteiger charge is 2.11. The first-order chi connectivity index (χ1) is 8.11. The molecule has 0 aliphatic rings. The summed E-state index contributed by atoms with van der Waals surface area (Å²) in [7, 11) is 0. The van der Waals surface area contributed by atoms with Crippen molar-refractivity contribution in [3.8, 4) is 6.07 Å². The van der Waals surface area contributed by atoms with Crippen molar-refractivity contribution in [3.63, 3.8) is 0 Å². The fraction of sp³-hybridized carbons (Fsp3) is 0.167. The van der Waals surface area contributed by atoms with E-state index in [-0.39, 0.29) is 5.82 Å². The molecule has 1 aromatic carbocycles. The third-order valence-electron chi connectivity index (χ3n) is 2.50. The Labute approximate surface area is 98.1 Å². The molecule has 0 saturated carbocycles. The molecule has 17 heavy (non-hydrogen) atoms. The van der Waals surface area contributed by atoms with E-state index in [2.05, 4.69) is 5.10 Å². The van der Waals surface area contributed by atoms with Gasteiger partial charge in [0.05, 0.1) is 12.2 Å². The minimum absolute atomic E-state index is 0.301. The van der Waals surface area contributed by atoms with Crippen LogP contribution in [0.15, 0.2) is 24.3 Å². The SMILES string of the molecule is Cc1nn(Cc2cccc(F)c2)c(N)c1C#N. The van der Waals surface area contributed by atoms with Crippen LogP contribution in [0.3, 0.4) is 0 Å². The molecule has 0 atom stereocenters. The van der Waals surface area contributed by atoms with Crippen LogP contribution >= 0.6 is 0 Å². The second kappa shape index (κ2) is 4.26. The highest BCUT2D eigenvalue weighted by atomic mass is 19.1. The van der Waals surface area contributed by atoms with Gasteiger partial charge in [0.2, 0.25) is 0 Å². The van der Waals surface area contributed by atoms with E-state index in [0.717, 1.165) is 5.56 Å². The molecule has 0 aliphatic heterocycles. The number of halogens is 1. The largest absolute Gasteiger partial charge is 0.383 e. The molecular weight excluding hydrogens is 219 g/mol. The van der Waals surface area contributed by atoms with Crippen molar-refractivity contribution < 1.29 is 4.39 Å². The normalized spacial score (nSPS) is 10.2. The van der Waals surface area contributed by atoms with Crippen molar-refractivity contribution in [3.05, 3.63) is 46.9 Å². The van der Waals surface area contributed by atoms with Crippen molar-refractivity contribution in [2.45, 2.75) is 13.5 Å². The molecule has 0 spiro atoms. The number of hydrogen-bond donors (Lipinski definition) is 1. The highest BCUT2D eigenvalue weighted by Crippen LogP contribution is 2.16. The van der Waals surface area contributed by atoms with Gasteiger partial charge >= 0.3 is 0 Å². The van der Waals surface area contributed by atoms with E-state index in [1.165, 1.54) is 16.8 Å². The predicted molar refractivity (Wildman–Crippen MR) is 61.6 cm³/mol. The molecule has 0 aliphatic carbocycles. The molecule has 2 rings (SSSR count). The summed E-state index contributed by atoms with van der Waals surface area (Å²) in [6.45, 7) is 2.07. The maximum absolute atomic E-state index is 13.0. The van der Waals surface area contributed by atoms with Crippen LogP contribution in [-0.2, 0) is 6.54 Å². The molecule has 2 N–H and O–H groups in total. The van der Waals surface area contributed by atoms with E-state index in [9.17, 15) is 4.39 Å². The fourth-order valence-electron chi connectivity index (χ4n) is 1.67. The number of anilines is 1. The first-order valence-electron chi connectivity index (χ1n) is 5.09. The lowest BCUT2D eigenvalue weighted by Crippen LogP contribution is -2.06. The average Bonchev–Trinajstić information content (AvgIpc) is 2.54. The van der Waals surface area contributed by atoms with Gasteiger partial charge in [-0.05, 0) is 24.6 Å². The molecule has 0 radical (unpaired) electrons. The number of nitrogens with zero attached hydrogens (tertiary/aromatic N) is 3. The van der Waals surface area contributed by atoms with Gasteiger partial charge in [-0.3, -0.25) is 0 Å². The van der Waals surface area contributed by atoms with Gasteiger partial charge in [0.25, 0.3) is 0 Å². The summed E-state index contributed by atoms with van der Waals surface area (Å²) in [5.74, 6) is 0.0136. The molecule has 5 heteroatoms. The predicted octanol–water partition coefficient (Wildman–Crippen LogP) is 1.83. The smallest absolute Gasteiger partial charge is 0.140 e. The van der Waals surface area contributed by atoms with Crippen LogP contribution in [0.25, 0.3) is 0 Å². The topological polar surface area (TPSA) is 67.6 Å². The van der Waals surface area contributed by atoms with Crippen molar-refractivity contribution in [2.24, 2.45) is 0 Å². The van der Waals surface area contributed by atoms with Crippen LogP contribution in [-0.4, -0.2) is 9.78 Å².